The summed E-state index contributed by atoms with van der Waals surface area (Å²) in [5.41, 5.74) is 2.68. The van der Waals surface area contributed by atoms with Gasteiger partial charge in [0.05, 0.1) is 33.4 Å². The third kappa shape index (κ3) is 7.86. The van der Waals surface area contributed by atoms with Gasteiger partial charge >= 0.3 is 0 Å². The zero-order valence-corrected chi connectivity index (χ0v) is 20.6. The topological polar surface area (TPSA) is 38.7 Å². The minimum atomic E-state index is -0.413. The monoisotopic (exact) mass is 420 g/mol. The number of rotatable bonds is 8. The predicted octanol–water partition coefficient (Wildman–Crippen LogP) is 5.06. The number of likely N-dealkylation sites (N-methyl/N-ethyl adjacent to an activating group) is 1. The van der Waals surface area contributed by atoms with Gasteiger partial charge in [-0.05, 0) is 53.7 Å². The molecule has 1 aliphatic heterocycles. The maximum Gasteiger partial charge on any atom is 0.126 e. The molecule has 172 valence electrons. The van der Waals surface area contributed by atoms with Gasteiger partial charge in [0.2, 0.25) is 0 Å². The van der Waals surface area contributed by atoms with Crippen LogP contribution in [0.1, 0.15) is 78.4 Å². The molecule has 0 radical (unpaired) electrons. The molecule has 1 aromatic carbocycles. The average Bonchev–Trinajstić information content (AvgIpc) is 2.84. The highest BCUT2D eigenvalue weighted by Gasteiger charge is 2.27. The summed E-state index contributed by atoms with van der Waals surface area (Å²) in [6.07, 6.45) is 4.77. The highest BCUT2D eigenvalue weighted by atomic mass is 16.5. The number of hydrogen-bond acceptors (Lipinski definition) is 3. The van der Waals surface area contributed by atoms with Gasteiger partial charge in [-0.25, -0.2) is 0 Å². The normalized spacial score (nSPS) is 18.7. The van der Waals surface area contributed by atoms with Crippen LogP contribution in [-0.4, -0.2) is 62.2 Å². The summed E-state index contributed by atoms with van der Waals surface area (Å²) >= 11 is 0. The van der Waals surface area contributed by atoms with Crippen LogP contribution in [0, 0.1) is 0 Å². The van der Waals surface area contributed by atoms with Crippen LogP contribution in [0.25, 0.3) is 0 Å². The van der Waals surface area contributed by atoms with Crippen LogP contribution in [-0.2, 0) is 15.6 Å². The maximum atomic E-state index is 10.5. The molecule has 4 nitrogen and oxygen atoms in total. The smallest absolute Gasteiger partial charge is 0.126 e. The molecule has 4 heteroatoms. The largest absolute Gasteiger partial charge is 0.491 e. The van der Waals surface area contributed by atoms with Gasteiger partial charge in [-0.3, -0.25) is 0 Å². The number of aliphatic hydroxyl groups is 1. The first-order valence-electron chi connectivity index (χ1n) is 11.8. The summed E-state index contributed by atoms with van der Waals surface area (Å²) < 4.78 is 12.8. The molecule has 0 saturated carbocycles. The van der Waals surface area contributed by atoms with Crippen molar-refractivity contribution in [3.05, 3.63) is 29.3 Å². The highest BCUT2D eigenvalue weighted by molar-refractivity contribution is 5.43. The second kappa shape index (κ2) is 10.5. The summed E-state index contributed by atoms with van der Waals surface area (Å²) in [7, 11) is 2.27. The Morgan fingerprint density at radius 2 is 1.57 bits per heavy atom. The lowest BCUT2D eigenvalue weighted by atomic mass is 9.80. The van der Waals surface area contributed by atoms with Gasteiger partial charge in [0, 0.05) is 0 Å². The number of aliphatic hydroxyl groups excluding tert-OH is 1. The Morgan fingerprint density at radius 1 is 0.933 bits per heavy atom. The molecule has 1 aromatic rings. The molecule has 30 heavy (non-hydrogen) atoms. The van der Waals surface area contributed by atoms with Gasteiger partial charge in [-0.2, -0.15) is 0 Å². The van der Waals surface area contributed by atoms with Gasteiger partial charge in [-0.15, -0.1) is 0 Å². The highest BCUT2D eigenvalue weighted by Crippen LogP contribution is 2.35. The van der Waals surface area contributed by atoms with Crippen LogP contribution >= 0.6 is 0 Å². The summed E-state index contributed by atoms with van der Waals surface area (Å²) in [5, 5.41) is 10.5. The van der Waals surface area contributed by atoms with Crippen molar-refractivity contribution < 1.29 is 19.1 Å². The lowest BCUT2D eigenvalue weighted by Gasteiger charge is -2.35. The number of quaternary nitrogens is 1. The molecule has 1 saturated heterocycles. The lowest BCUT2D eigenvalue weighted by molar-refractivity contribution is -0.911. The zero-order valence-electron chi connectivity index (χ0n) is 20.6. The zero-order chi connectivity index (χ0) is 22.4. The van der Waals surface area contributed by atoms with E-state index in [0.29, 0.717) is 19.8 Å². The molecule has 1 unspecified atom stereocenters. The first kappa shape index (κ1) is 25.2. The quantitative estimate of drug-likeness (QED) is 0.472. The molecule has 2 rings (SSSR count). The average molecular weight is 421 g/mol. The molecule has 0 spiro atoms. The Balaban J connectivity index is 1.82. The second-order valence-corrected chi connectivity index (χ2v) is 11.5. The van der Waals surface area contributed by atoms with Crippen molar-refractivity contribution in [1.82, 2.24) is 0 Å². The van der Waals surface area contributed by atoms with Crippen molar-refractivity contribution in [3.8, 4) is 5.75 Å². The molecular formula is C26H46NO3+. The Morgan fingerprint density at radius 3 is 2.13 bits per heavy atom. The van der Waals surface area contributed by atoms with E-state index in [0.717, 1.165) is 16.8 Å². The van der Waals surface area contributed by atoms with Crippen LogP contribution < -0.4 is 4.74 Å². The number of likely N-dealkylation sites (tertiary alicyclic amines) is 1. The number of hydrogen-bond donors (Lipinski definition) is 1. The van der Waals surface area contributed by atoms with E-state index < -0.39 is 6.10 Å². The Kier molecular flexibility index (Phi) is 8.79. The molecule has 1 N–H and O–H groups in total. The molecule has 0 aliphatic carbocycles. The van der Waals surface area contributed by atoms with Gasteiger partial charge < -0.3 is 19.1 Å². The SMILES string of the molecule is CC(C)(C)c1ccc(OCCOCC(O)C[N+]2(C)CCCCCC2)c(C(C)(C)C)c1. The van der Waals surface area contributed by atoms with E-state index in [1.165, 1.54) is 49.9 Å². The molecular weight excluding hydrogens is 374 g/mol. The Bertz CT molecular complexity index is 649. The van der Waals surface area contributed by atoms with E-state index in [1.807, 2.05) is 0 Å². The first-order chi connectivity index (χ1) is 13.9. The van der Waals surface area contributed by atoms with Crippen molar-refractivity contribution in [2.24, 2.45) is 0 Å². The van der Waals surface area contributed by atoms with Crippen molar-refractivity contribution >= 4 is 0 Å². The fourth-order valence-electron chi connectivity index (χ4n) is 4.33. The Hall–Kier alpha value is -1.10. The summed E-state index contributed by atoms with van der Waals surface area (Å²) in [5.74, 6) is 0.933. The molecule has 0 aromatic heterocycles. The van der Waals surface area contributed by atoms with Crippen molar-refractivity contribution in [2.75, 3.05) is 46.5 Å². The van der Waals surface area contributed by atoms with E-state index in [-0.39, 0.29) is 10.8 Å². The van der Waals surface area contributed by atoms with E-state index >= 15 is 0 Å². The van der Waals surface area contributed by atoms with E-state index in [9.17, 15) is 5.11 Å². The van der Waals surface area contributed by atoms with Crippen LogP contribution in [0.15, 0.2) is 18.2 Å². The minimum absolute atomic E-state index is 0.0136. The van der Waals surface area contributed by atoms with Crippen LogP contribution in [0.3, 0.4) is 0 Å². The third-order valence-corrected chi connectivity index (χ3v) is 6.25. The molecule has 0 amide bonds. The van der Waals surface area contributed by atoms with Crippen molar-refractivity contribution in [1.29, 1.82) is 0 Å². The van der Waals surface area contributed by atoms with Gasteiger partial charge in [-0.1, -0.05) is 53.7 Å². The number of benzene rings is 1. The summed E-state index contributed by atoms with van der Waals surface area (Å²) in [6, 6.07) is 6.55. The van der Waals surface area contributed by atoms with Crippen molar-refractivity contribution in [2.45, 2.75) is 84.2 Å². The Labute approximate surface area is 185 Å². The predicted molar refractivity (Wildman–Crippen MR) is 125 cm³/mol. The van der Waals surface area contributed by atoms with Gasteiger partial charge in [0.1, 0.15) is 25.0 Å². The van der Waals surface area contributed by atoms with Gasteiger partial charge in [0.15, 0.2) is 0 Å². The van der Waals surface area contributed by atoms with E-state index in [2.05, 4.69) is 66.8 Å². The second-order valence-electron chi connectivity index (χ2n) is 11.5. The van der Waals surface area contributed by atoms with Crippen LogP contribution in [0.4, 0.5) is 0 Å². The molecule has 1 fully saturated rings. The fourth-order valence-corrected chi connectivity index (χ4v) is 4.33. The molecule has 0 bridgehead atoms. The summed E-state index contributed by atoms with van der Waals surface area (Å²) in [6.45, 7) is 17.9. The molecule has 1 atom stereocenters. The molecule has 1 aliphatic rings. The molecule has 1 heterocycles. The minimum Gasteiger partial charge on any atom is -0.491 e. The van der Waals surface area contributed by atoms with E-state index in [1.54, 1.807) is 0 Å². The van der Waals surface area contributed by atoms with Crippen LogP contribution in [0.5, 0.6) is 5.75 Å². The van der Waals surface area contributed by atoms with E-state index in [4.69, 9.17) is 9.47 Å². The lowest BCUT2D eigenvalue weighted by Crippen LogP contribution is -2.50. The van der Waals surface area contributed by atoms with Gasteiger partial charge in [0.25, 0.3) is 0 Å². The van der Waals surface area contributed by atoms with Crippen LogP contribution in [0.2, 0.25) is 0 Å². The first-order valence-corrected chi connectivity index (χ1v) is 11.8. The summed E-state index contributed by atoms with van der Waals surface area (Å²) in [4.78, 5) is 0. The third-order valence-electron chi connectivity index (χ3n) is 6.25. The maximum absolute atomic E-state index is 10.5. The number of nitrogens with zero attached hydrogens (tertiary/aromatic N) is 1. The standard InChI is InChI=1S/C26H46NO3/c1-25(2,3)21-12-13-24(23(18-21)26(4,5)6)30-17-16-29-20-22(28)19-27(7)14-10-8-9-11-15-27/h12-13,18,22,28H,8-11,14-17,19-20H2,1-7H3/q+1. The van der Waals surface area contributed by atoms with Crippen molar-refractivity contribution in [3.63, 3.8) is 0 Å². The number of ether oxygens (including phenoxy) is 2. The fraction of sp³-hybridized carbons (Fsp3) is 0.769.